The number of aryl methyl sites for hydroxylation is 1. The molecule has 0 atom stereocenters. The molecule has 2 aromatic rings. The van der Waals surface area contributed by atoms with Crippen LogP contribution in [-0.2, 0) is 0 Å². The topological polar surface area (TPSA) is 26.5 Å². The summed E-state index contributed by atoms with van der Waals surface area (Å²) in [7, 11) is 1.64. The molecule has 0 N–H and O–H groups in total. The summed E-state index contributed by atoms with van der Waals surface area (Å²) in [5.74, 6) is 0.780. The first-order valence-electron chi connectivity index (χ1n) is 3.89. The summed E-state index contributed by atoms with van der Waals surface area (Å²) in [6.07, 6.45) is 3.80. The fourth-order valence-electron chi connectivity index (χ4n) is 1.29. The van der Waals surface area contributed by atoms with Crippen LogP contribution in [0.3, 0.4) is 0 Å². The van der Waals surface area contributed by atoms with Crippen molar-refractivity contribution in [3.8, 4) is 5.75 Å². The summed E-state index contributed by atoms with van der Waals surface area (Å²) < 4.78 is 8.18. The Kier molecular flexibility index (Phi) is 2.00. The van der Waals surface area contributed by atoms with Gasteiger partial charge in [-0.2, -0.15) is 0 Å². The van der Waals surface area contributed by atoms with Gasteiger partial charge in [0.1, 0.15) is 0 Å². The highest BCUT2D eigenvalue weighted by molar-refractivity contribution is 9.10. The van der Waals surface area contributed by atoms with E-state index in [2.05, 4.69) is 20.9 Å². The van der Waals surface area contributed by atoms with Gasteiger partial charge in [0.25, 0.3) is 0 Å². The van der Waals surface area contributed by atoms with Crippen molar-refractivity contribution >= 4 is 21.6 Å². The van der Waals surface area contributed by atoms with Crippen LogP contribution in [0.2, 0.25) is 0 Å². The lowest BCUT2D eigenvalue weighted by Crippen LogP contribution is -1.92. The molecular formula is C9H9BrN2O. The Hall–Kier alpha value is -1.03. The number of fused-ring (bicyclic) bond motifs is 1. The number of hydrogen-bond donors (Lipinski definition) is 0. The van der Waals surface area contributed by atoms with Gasteiger partial charge in [-0.25, -0.2) is 4.98 Å². The minimum atomic E-state index is 0.780. The van der Waals surface area contributed by atoms with E-state index in [1.165, 1.54) is 0 Å². The van der Waals surface area contributed by atoms with Gasteiger partial charge in [0, 0.05) is 22.6 Å². The van der Waals surface area contributed by atoms with E-state index >= 15 is 0 Å². The molecule has 68 valence electrons. The van der Waals surface area contributed by atoms with Crippen LogP contribution >= 0.6 is 15.9 Å². The number of nitrogens with zero attached hydrogens (tertiary/aromatic N) is 2. The summed E-state index contributed by atoms with van der Waals surface area (Å²) >= 11 is 3.41. The van der Waals surface area contributed by atoms with Gasteiger partial charge in [0.15, 0.2) is 11.4 Å². The molecule has 0 aliphatic carbocycles. The Labute approximate surface area is 84.5 Å². The molecule has 0 aliphatic heterocycles. The molecule has 13 heavy (non-hydrogen) atoms. The molecule has 0 radical (unpaired) electrons. The lowest BCUT2D eigenvalue weighted by Gasteiger charge is -2.03. The van der Waals surface area contributed by atoms with Crippen LogP contribution in [0.1, 0.15) is 5.69 Å². The van der Waals surface area contributed by atoms with E-state index in [0.29, 0.717) is 0 Å². The molecule has 4 heteroatoms. The first-order valence-corrected chi connectivity index (χ1v) is 4.69. The van der Waals surface area contributed by atoms with Crippen molar-refractivity contribution in [1.82, 2.24) is 9.38 Å². The molecule has 0 aliphatic rings. The van der Waals surface area contributed by atoms with E-state index in [9.17, 15) is 0 Å². The molecule has 0 saturated heterocycles. The molecule has 2 rings (SSSR count). The highest BCUT2D eigenvalue weighted by atomic mass is 79.9. The van der Waals surface area contributed by atoms with Crippen molar-refractivity contribution in [3.05, 3.63) is 28.6 Å². The van der Waals surface area contributed by atoms with Crippen molar-refractivity contribution in [2.75, 3.05) is 7.11 Å². The largest absolute Gasteiger partial charge is 0.493 e. The molecule has 0 fully saturated rings. The molecule has 2 heterocycles. The normalized spacial score (nSPS) is 10.7. The number of hydrogen-bond acceptors (Lipinski definition) is 2. The molecule has 0 saturated carbocycles. The van der Waals surface area contributed by atoms with E-state index in [4.69, 9.17) is 4.74 Å². The van der Waals surface area contributed by atoms with E-state index in [1.807, 2.05) is 29.8 Å². The molecule has 2 aromatic heterocycles. The number of rotatable bonds is 1. The second kappa shape index (κ2) is 3.03. The highest BCUT2D eigenvalue weighted by Crippen LogP contribution is 2.24. The zero-order chi connectivity index (χ0) is 9.42. The van der Waals surface area contributed by atoms with E-state index in [1.54, 1.807) is 7.11 Å². The van der Waals surface area contributed by atoms with E-state index in [0.717, 1.165) is 21.6 Å². The fraction of sp³-hybridized carbons (Fsp3) is 0.222. The summed E-state index contributed by atoms with van der Waals surface area (Å²) in [5.41, 5.74) is 1.94. The fourth-order valence-corrected chi connectivity index (χ4v) is 1.70. The van der Waals surface area contributed by atoms with Gasteiger partial charge in [0.05, 0.1) is 7.11 Å². The minimum absolute atomic E-state index is 0.780. The van der Waals surface area contributed by atoms with Crippen LogP contribution in [0.4, 0.5) is 0 Å². The van der Waals surface area contributed by atoms with Crippen molar-refractivity contribution in [3.63, 3.8) is 0 Å². The molecule has 0 bridgehead atoms. The van der Waals surface area contributed by atoms with E-state index < -0.39 is 0 Å². The lowest BCUT2D eigenvalue weighted by molar-refractivity contribution is 0.416. The van der Waals surface area contributed by atoms with Gasteiger partial charge < -0.3 is 9.14 Å². The average molecular weight is 241 g/mol. The second-order valence-corrected chi connectivity index (χ2v) is 3.74. The highest BCUT2D eigenvalue weighted by Gasteiger charge is 2.06. The van der Waals surface area contributed by atoms with Crippen LogP contribution in [0.25, 0.3) is 5.65 Å². The third-order valence-electron chi connectivity index (χ3n) is 1.94. The Morgan fingerprint density at radius 2 is 2.31 bits per heavy atom. The summed E-state index contributed by atoms with van der Waals surface area (Å²) in [5, 5.41) is 0. The molecule has 0 unspecified atom stereocenters. The molecule has 3 nitrogen and oxygen atoms in total. The Morgan fingerprint density at radius 1 is 1.54 bits per heavy atom. The van der Waals surface area contributed by atoms with Crippen molar-refractivity contribution < 1.29 is 4.74 Å². The van der Waals surface area contributed by atoms with Crippen molar-refractivity contribution in [2.24, 2.45) is 0 Å². The Balaban J connectivity index is 2.84. The van der Waals surface area contributed by atoms with Gasteiger partial charge in [0.2, 0.25) is 0 Å². The summed E-state index contributed by atoms with van der Waals surface area (Å²) in [6, 6.07) is 1.90. The predicted octanol–water partition coefficient (Wildman–Crippen LogP) is 2.41. The zero-order valence-corrected chi connectivity index (χ0v) is 9.00. The SMILES string of the molecule is COc1cc(Br)cn2c(C)cnc12. The summed E-state index contributed by atoms with van der Waals surface area (Å²) in [6.45, 7) is 2.01. The van der Waals surface area contributed by atoms with Crippen LogP contribution in [-0.4, -0.2) is 16.5 Å². The third kappa shape index (κ3) is 1.31. The van der Waals surface area contributed by atoms with Crippen LogP contribution in [0, 0.1) is 6.92 Å². The number of imidazole rings is 1. The number of pyridine rings is 1. The molecule has 0 spiro atoms. The number of aromatic nitrogens is 2. The van der Waals surface area contributed by atoms with Gasteiger partial charge in [-0.05, 0) is 28.9 Å². The molecular weight excluding hydrogens is 232 g/mol. The quantitative estimate of drug-likeness (QED) is 0.766. The maximum Gasteiger partial charge on any atom is 0.179 e. The number of halogens is 1. The Bertz CT molecular complexity index is 450. The maximum absolute atomic E-state index is 5.21. The Morgan fingerprint density at radius 3 is 3.00 bits per heavy atom. The smallest absolute Gasteiger partial charge is 0.179 e. The third-order valence-corrected chi connectivity index (χ3v) is 2.38. The lowest BCUT2D eigenvalue weighted by atomic mass is 10.4. The van der Waals surface area contributed by atoms with Gasteiger partial charge in [-0.1, -0.05) is 0 Å². The second-order valence-electron chi connectivity index (χ2n) is 2.82. The van der Waals surface area contributed by atoms with Crippen molar-refractivity contribution in [2.45, 2.75) is 6.92 Å². The van der Waals surface area contributed by atoms with E-state index in [-0.39, 0.29) is 0 Å². The first kappa shape index (κ1) is 8.56. The van der Waals surface area contributed by atoms with Crippen LogP contribution in [0.5, 0.6) is 5.75 Å². The minimum Gasteiger partial charge on any atom is -0.493 e. The molecule has 0 aromatic carbocycles. The first-order chi connectivity index (χ1) is 6.22. The molecule has 0 amide bonds. The standard InChI is InChI=1S/C9H9BrN2O/c1-6-4-11-9-8(13-2)3-7(10)5-12(6)9/h3-5H,1-2H3. The predicted molar refractivity (Wildman–Crippen MR) is 54.2 cm³/mol. The van der Waals surface area contributed by atoms with Crippen molar-refractivity contribution in [1.29, 1.82) is 0 Å². The van der Waals surface area contributed by atoms with Gasteiger partial charge >= 0.3 is 0 Å². The number of methoxy groups -OCH3 is 1. The monoisotopic (exact) mass is 240 g/mol. The zero-order valence-electron chi connectivity index (χ0n) is 7.41. The van der Waals surface area contributed by atoms with Gasteiger partial charge in [-0.15, -0.1) is 0 Å². The maximum atomic E-state index is 5.21. The van der Waals surface area contributed by atoms with Crippen LogP contribution < -0.4 is 4.74 Å². The number of ether oxygens (including phenoxy) is 1. The van der Waals surface area contributed by atoms with Gasteiger partial charge in [-0.3, -0.25) is 0 Å². The summed E-state index contributed by atoms with van der Waals surface area (Å²) in [4.78, 5) is 4.25. The van der Waals surface area contributed by atoms with Crippen LogP contribution in [0.15, 0.2) is 22.9 Å². The average Bonchev–Trinajstić information content (AvgIpc) is 2.47.